The van der Waals surface area contributed by atoms with Gasteiger partial charge in [-0.2, -0.15) is 0 Å². The first-order chi connectivity index (χ1) is 7.47. The van der Waals surface area contributed by atoms with E-state index in [1.165, 1.54) is 0 Å². The van der Waals surface area contributed by atoms with Gasteiger partial charge in [0.1, 0.15) is 0 Å². The second-order valence-electron chi connectivity index (χ2n) is 4.41. The lowest BCUT2D eigenvalue weighted by Gasteiger charge is -2.16. The predicted molar refractivity (Wildman–Crippen MR) is 66.6 cm³/mol. The molecule has 0 radical (unpaired) electrons. The smallest absolute Gasteiger partial charge is 0.255 e. The van der Waals surface area contributed by atoms with Crippen molar-refractivity contribution in [3.8, 4) is 0 Å². The molecule has 0 aliphatic rings. The molecule has 4 nitrogen and oxygen atoms in total. The maximum absolute atomic E-state index is 12.1. The summed E-state index contributed by atoms with van der Waals surface area (Å²) in [6, 6.07) is 2.03. The topological polar surface area (TPSA) is 51.3 Å². The van der Waals surface area contributed by atoms with Crippen molar-refractivity contribution in [1.29, 1.82) is 0 Å². The second-order valence-corrected chi connectivity index (χ2v) is 4.41. The Bertz CT molecular complexity index is 421. The van der Waals surface area contributed by atoms with Gasteiger partial charge in [0.05, 0.1) is 0 Å². The normalized spacial score (nSPS) is 11.1. The van der Waals surface area contributed by atoms with Crippen molar-refractivity contribution in [1.82, 2.24) is 9.47 Å². The summed E-state index contributed by atoms with van der Waals surface area (Å²) < 4.78 is 1.80. The number of nitrogens with two attached hydrogens (primary N) is 1. The van der Waals surface area contributed by atoms with Gasteiger partial charge in [-0.05, 0) is 39.6 Å². The van der Waals surface area contributed by atoms with Crippen LogP contribution in [0.2, 0.25) is 0 Å². The maximum Gasteiger partial charge on any atom is 0.255 e. The first-order valence-electron chi connectivity index (χ1n) is 5.52. The van der Waals surface area contributed by atoms with Gasteiger partial charge < -0.3 is 15.2 Å². The van der Waals surface area contributed by atoms with Crippen molar-refractivity contribution >= 4 is 0 Å². The van der Waals surface area contributed by atoms with Gasteiger partial charge >= 0.3 is 0 Å². The van der Waals surface area contributed by atoms with Gasteiger partial charge in [-0.1, -0.05) is 0 Å². The SMILES string of the molecule is Cc1cc(C)n(CCN(C)C)c(=O)c1CN. The first-order valence-corrected chi connectivity index (χ1v) is 5.52. The molecular weight excluding hydrogens is 202 g/mol. The number of aryl methyl sites for hydroxylation is 2. The molecule has 0 atom stereocenters. The van der Waals surface area contributed by atoms with Crippen LogP contribution in [0.5, 0.6) is 0 Å². The zero-order valence-electron chi connectivity index (χ0n) is 10.6. The molecule has 0 saturated carbocycles. The Hall–Kier alpha value is -1.13. The van der Waals surface area contributed by atoms with Crippen molar-refractivity contribution < 1.29 is 0 Å². The molecule has 1 aromatic heterocycles. The van der Waals surface area contributed by atoms with E-state index in [4.69, 9.17) is 5.73 Å². The van der Waals surface area contributed by atoms with Crippen LogP contribution >= 0.6 is 0 Å². The Balaban J connectivity index is 3.13. The van der Waals surface area contributed by atoms with Crippen LogP contribution in [-0.4, -0.2) is 30.1 Å². The third-order valence-corrected chi connectivity index (χ3v) is 2.81. The molecule has 2 N–H and O–H groups in total. The third kappa shape index (κ3) is 2.71. The van der Waals surface area contributed by atoms with Gasteiger partial charge in [-0.15, -0.1) is 0 Å². The van der Waals surface area contributed by atoms with Crippen LogP contribution in [0.1, 0.15) is 16.8 Å². The monoisotopic (exact) mass is 223 g/mol. The molecule has 0 unspecified atom stereocenters. The molecule has 1 aromatic rings. The van der Waals surface area contributed by atoms with Gasteiger partial charge in [-0.3, -0.25) is 4.79 Å². The summed E-state index contributed by atoms with van der Waals surface area (Å²) in [5.41, 5.74) is 8.38. The van der Waals surface area contributed by atoms with Crippen LogP contribution in [0.3, 0.4) is 0 Å². The average molecular weight is 223 g/mol. The van der Waals surface area contributed by atoms with Crippen LogP contribution in [0.4, 0.5) is 0 Å². The molecule has 0 saturated heterocycles. The van der Waals surface area contributed by atoms with Gasteiger partial charge in [0.15, 0.2) is 0 Å². The van der Waals surface area contributed by atoms with Crippen molar-refractivity contribution in [2.75, 3.05) is 20.6 Å². The predicted octanol–water partition coefficient (Wildman–Crippen LogP) is 0.485. The van der Waals surface area contributed by atoms with Crippen molar-refractivity contribution in [2.45, 2.75) is 26.9 Å². The van der Waals surface area contributed by atoms with Crippen molar-refractivity contribution in [3.63, 3.8) is 0 Å². The van der Waals surface area contributed by atoms with Crippen LogP contribution in [0, 0.1) is 13.8 Å². The van der Waals surface area contributed by atoms with E-state index >= 15 is 0 Å². The molecule has 0 aliphatic carbocycles. The molecule has 0 aromatic carbocycles. The standard InChI is InChI=1S/C12H21N3O/c1-9-7-10(2)15(6-5-14(3)4)12(16)11(9)8-13/h7H,5-6,8,13H2,1-4H3. The van der Waals surface area contributed by atoms with Crippen LogP contribution in [-0.2, 0) is 13.1 Å². The van der Waals surface area contributed by atoms with Crippen LogP contribution < -0.4 is 11.3 Å². The number of aromatic nitrogens is 1. The fourth-order valence-corrected chi connectivity index (χ4v) is 1.80. The molecule has 0 spiro atoms. The number of hydrogen-bond acceptors (Lipinski definition) is 3. The Morgan fingerprint density at radius 2 is 2.00 bits per heavy atom. The van der Waals surface area contributed by atoms with E-state index in [2.05, 4.69) is 4.90 Å². The summed E-state index contributed by atoms with van der Waals surface area (Å²) in [6.45, 7) is 5.78. The third-order valence-electron chi connectivity index (χ3n) is 2.81. The Morgan fingerprint density at radius 3 is 2.50 bits per heavy atom. The molecule has 1 heterocycles. The molecule has 90 valence electrons. The summed E-state index contributed by atoms with van der Waals surface area (Å²) >= 11 is 0. The zero-order valence-corrected chi connectivity index (χ0v) is 10.6. The highest BCUT2D eigenvalue weighted by atomic mass is 16.1. The second kappa shape index (κ2) is 5.27. The van der Waals surface area contributed by atoms with E-state index in [1.807, 2.05) is 34.0 Å². The van der Waals surface area contributed by atoms with Crippen LogP contribution in [0.15, 0.2) is 10.9 Å². The minimum Gasteiger partial charge on any atom is -0.326 e. The van der Waals surface area contributed by atoms with E-state index in [9.17, 15) is 4.79 Å². The van der Waals surface area contributed by atoms with E-state index in [1.54, 1.807) is 4.57 Å². The summed E-state index contributed by atoms with van der Waals surface area (Å²) in [4.78, 5) is 14.2. The Kier molecular flexibility index (Phi) is 4.26. The molecule has 1 rings (SSSR count). The van der Waals surface area contributed by atoms with Gasteiger partial charge in [0.25, 0.3) is 5.56 Å². The highest BCUT2D eigenvalue weighted by Gasteiger charge is 2.08. The van der Waals surface area contributed by atoms with Gasteiger partial charge in [0, 0.05) is 30.9 Å². The maximum atomic E-state index is 12.1. The minimum atomic E-state index is 0.0573. The van der Waals surface area contributed by atoms with E-state index in [-0.39, 0.29) is 5.56 Å². The fraction of sp³-hybridized carbons (Fsp3) is 0.583. The van der Waals surface area contributed by atoms with Gasteiger partial charge in [-0.25, -0.2) is 0 Å². The van der Waals surface area contributed by atoms with Crippen molar-refractivity contribution in [3.05, 3.63) is 33.2 Å². The molecule has 0 fully saturated rings. The number of hydrogen-bond donors (Lipinski definition) is 1. The summed E-state index contributed by atoms with van der Waals surface area (Å²) in [5.74, 6) is 0. The Morgan fingerprint density at radius 1 is 1.38 bits per heavy atom. The first kappa shape index (κ1) is 12.9. The van der Waals surface area contributed by atoms with Gasteiger partial charge in [0.2, 0.25) is 0 Å². The average Bonchev–Trinajstić information content (AvgIpc) is 2.16. The number of nitrogens with zero attached hydrogens (tertiary/aromatic N) is 2. The Labute approximate surface area is 96.7 Å². The number of rotatable bonds is 4. The molecular formula is C12H21N3O. The molecule has 0 amide bonds. The van der Waals surface area contributed by atoms with Crippen molar-refractivity contribution in [2.24, 2.45) is 5.73 Å². The minimum absolute atomic E-state index is 0.0573. The molecule has 0 aliphatic heterocycles. The highest BCUT2D eigenvalue weighted by Crippen LogP contribution is 2.05. The van der Waals surface area contributed by atoms with E-state index < -0.39 is 0 Å². The summed E-state index contributed by atoms with van der Waals surface area (Å²) in [7, 11) is 4.00. The quantitative estimate of drug-likeness (QED) is 0.808. The van der Waals surface area contributed by atoms with E-state index in [0.29, 0.717) is 13.1 Å². The molecule has 0 bridgehead atoms. The fourth-order valence-electron chi connectivity index (χ4n) is 1.80. The van der Waals surface area contributed by atoms with Crippen LogP contribution in [0.25, 0.3) is 0 Å². The number of likely N-dealkylation sites (N-methyl/N-ethyl adjacent to an activating group) is 1. The largest absolute Gasteiger partial charge is 0.326 e. The summed E-state index contributed by atoms with van der Waals surface area (Å²) in [6.07, 6.45) is 0. The lowest BCUT2D eigenvalue weighted by Crippen LogP contribution is -2.31. The zero-order chi connectivity index (χ0) is 12.3. The molecule has 4 heteroatoms. The molecule has 16 heavy (non-hydrogen) atoms. The highest BCUT2D eigenvalue weighted by molar-refractivity contribution is 5.26. The lowest BCUT2D eigenvalue weighted by molar-refractivity contribution is 0.378. The number of pyridine rings is 1. The lowest BCUT2D eigenvalue weighted by atomic mass is 10.1. The van der Waals surface area contributed by atoms with E-state index in [0.717, 1.165) is 23.4 Å². The summed E-state index contributed by atoms with van der Waals surface area (Å²) in [5, 5.41) is 0.